The van der Waals surface area contributed by atoms with Crippen LogP contribution in [0.3, 0.4) is 0 Å². The maximum Gasteiger partial charge on any atom is 0.287 e. The van der Waals surface area contributed by atoms with E-state index in [0.29, 0.717) is 18.2 Å². The molecule has 0 aromatic carbocycles. The van der Waals surface area contributed by atoms with Gasteiger partial charge in [-0.25, -0.2) is 0 Å². The lowest BCUT2D eigenvalue weighted by Crippen LogP contribution is -2.29. The number of carbonyl (C=O) groups excluding carboxylic acids is 1. The van der Waals surface area contributed by atoms with Crippen molar-refractivity contribution in [1.82, 2.24) is 9.88 Å². The maximum absolute atomic E-state index is 11.8. The van der Waals surface area contributed by atoms with Crippen molar-refractivity contribution in [2.75, 3.05) is 11.9 Å². The molecule has 0 radical (unpaired) electrons. The minimum absolute atomic E-state index is 0.0730. The molecule has 0 aliphatic rings. The van der Waals surface area contributed by atoms with Crippen molar-refractivity contribution in [3.63, 3.8) is 0 Å². The van der Waals surface area contributed by atoms with Gasteiger partial charge in [-0.15, -0.1) is 0 Å². The van der Waals surface area contributed by atoms with Crippen LogP contribution in [0, 0.1) is 16.0 Å². The molecule has 100 valence electrons. The lowest BCUT2D eigenvalue weighted by molar-refractivity contribution is -0.384. The van der Waals surface area contributed by atoms with Crippen molar-refractivity contribution in [2.45, 2.75) is 13.3 Å². The number of nitrogens with zero attached hydrogens (tertiary/aromatic N) is 2. The van der Waals surface area contributed by atoms with E-state index in [1.807, 2.05) is 6.92 Å². The van der Waals surface area contributed by atoms with Crippen LogP contribution in [0.25, 0.3) is 0 Å². The third-order valence-electron chi connectivity index (χ3n) is 2.65. The average Bonchev–Trinajstić information content (AvgIpc) is 2.69. The van der Waals surface area contributed by atoms with Crippen LogP contribution < -0.4 is 5.32 Å². The molecule has 1 unspecified atom stereocenters. The topological polar surface area (TPSA) is 77.2 Å². The minimum atomic E-state index is -0.510. The summed E-state index contributed by atoms with van der Waals surface area (Å²) in [5.74, 6) is 0.0793. The summed E-state index contributed by atoms with van der Waals surface area (Å²) >= 11 is 3.34. The zero-order chi connectivity index (χ0) is 13.7. The molecule has 0 saturated heterocycles. The Morgan fingerprint density at radius 1 is 1.67 bits per heavy atom. The SMILES string of the molecule is CC(CCBr)CNC(=O)c1cc([N+](=O)[O-])cn1C. The molecule has 1 aromatic rings. The summed E-state index contributed by atoms with van der Waals surface area (Å²) in [6.07, 6.45) is 2.30. The van der Waals surface area contributed by atoms with Gasteiger partial charge in [0.2, 0.25) is 0 Å². The maximum atomic E-state index is 11.8. The Labute approximate surface area is 114 Å². The molecule has 1 atom stereocenters. The fourth-order valence-corrected chi connectivity index (χ4v) is 2.30. The number of aromatic nitrogens is 1. The van der Waals surface area contributed by atoms with Crippen LogP contribution in [0.4, 0.5) is 5.69 Å². The molecule has 0 aliphatic carbocycles. The van der Waals surface area contributed by atoms with Gasteiger partial charge in [-0.2, -0.15) is 0 Å². The van der Waals surface area contributed by atoms with Gasteiger partial charge in [0.1, 0.15) is 5.69 Å². The van der Waals surface area contributed by atoms with Crippen LogP contribution in [0.15, 0.2) is 12.3 Å². The van der Waals surface area contributed by atoms with E-state index >= 15 is 0 Å². The molecule has 0 spiro atoms. The lowest BCUT2D eigenvalue weighted by atomic mass is 10.1. The van der Waals surface area contributed by atoms with E-state index in [4.69, 9.17) is 0 Å². The summed E-state index contributed by atoms with van der Waals surface area (Å²) < 4.78 is 1.46. The zero-order valence-corrected chi connectivity index (χ0v) is 11.9. The van der Waals surface area contributed by atoms with Gasteiger partial charge in [-0.1, -0.05) is 22.9 Å². The van der Waals surface area contributed by atoms with Crippen LogP contribution in [-0.4, -0.2) is 27.3 Å². The van der Waals surface area contributed by atoms with Crippen molar-refractivity contribution >= 4 is 27.5 Å². The summed E-state index contributed by atoms with van der Waals surface area (Å²) in [6.45, 7) is 2.60. The molecular weight excluding hydrogens is 302 g/mol. The Kier molecular flexibility index (Phi) is 5.33. The first-order chi connectivity index (χ1) is 8.45. The van der Waals surface area contributed by atoms with Gasteiger partial charge in [0.05, 0.1) is 11.1 Å². The van der Waals surface area contributed by atoms with Gasteiger partial charge >= 0.3 is 0 Å². The van der Waals surface area contributed by atoms with Gasteiger partial charge in [-0.05, 0) is 12.3 Å². The molecule has 0 saturated carbocycles. The molecular formula is C11H16BrN3O3. The van der Waals surface area contributed by atoms with Gasteiger partial charge in [0, 0.05) is 25.0 Å². The monoisotopic (exact) mass is 317 g/mol. The quantitative estimate of drug-likeness (QED) is 0.495. The van der Waals surface area contributed by atoms with Crippen LogP contribution in [0.1, 0.15) is 23.8 Å². The molecule has 1 N–H and O–H groups in total. The second kappa shape index (κ2) is 6.53. The highest BCUT2D eigenvalue weighted by Crippen LogP contribution is 2.15. The molecule has 18 heavy (non-hydrogen) atoms. The molecule has 7 heteroatoms. The molecule has 0 bridgehead atoms. The summed E-state index contributed by atoms with van der Waals surface area (Å²) in [7, 11) is 1.61. The fourth-order valence-electron chi connectivity index (χ4n) is 1.52. The highest BCUT2D eigenvalue weighted by atomic mass is 79.9. The minimum Gasteiger partial charge on any atom is -0.350 e. The van der Waals surface area contributed by atoms with E-state index in [9.17, 15) is 14.9 Å². The van der Waals surface area contributed by atoms with E-state index in [-0.39, 0.29) is 11.6 Å². The normalized spacial score (nSPS) is 12.2. The number of carbonyl (C=O) groups is 1. The fraction of sp³-hybridized carbons (Fsp3) is 0.545. The first-order valence-electron chi connectivity index (χ1n) is 5.60. The Morgan fingerprint density at radius 3 is 2.83 bits per heavy atom. The second-order valence-electron chi connectivity index (χ2n) is 4.24. The van der Waals surface area contributed by atoms with E-state index in [1.165, 1.54) is 16.8 Å². The van der Waals surface area contributed by atoms with Gasteiger partial charge in [0.15, 0.2) is 0 Å². The Bertz CT molecular complexity index is 445. The van der Waals surface area contributed by atoms with Crippen molar-refractivity contribution in [2.24, 2.45) is 13.0 Å². The number of hydrogen-bond donors (Lipinski definition) is 1. The Hall–Kier alpha value is -1.37. The number of nitrogens with one attached hydrogen (secondary N) is 1. The molecule has 6 nitrogen and oxygen atoms in total. The summed E-state index contributed by atoms with van der Waals surface area (Å²) in [5, 5.41) is 14.3. The predicted molar refractivity (Wildman–Crippen MR) is 72.0 cm³/mol. The molecule has 1 aromatic heterocycles. The summed E-state index contributed by atoms with van der Waals surface area (Å²) in [5.41, 5.74) is 0.226. The van der Waals surface area contributed by atoms with Crippen LogP contribution in [0.2, 0.25) is 0 Å². The van der Waals surface area contributed by atoms with Crippen molar-refractivity contribution in [3.8, 4) is 0 Å². The number of rotatable bonds is 6. The van der Waals surface area contributed by atoms with Crippen LogP contribution >= 0.6 is 15.9 Å². The molecule has 1 rings (SSSR count). The number of nitro groups is 1. The molecule has 1 heterocycles. The lowest BCUT2D eigenvalue weighted by Gasteiger charge is -2.11. The van der Waals surface area contributed by atoms with Crippen LogP contribution in [-0.2, 0) is 7.05 Å². The van der Waals surface area contributed by atoms with E-state index in [2.05, 4.69) is 21.2 Å². The summed E-state index contributed by atoms with van der Waals surface area (Å²) in [4.78, 5) is 21.9. The summed E-state index contributed by atoms with van der Waals surface area (Å²) in [6, 6.07) is 1.28. The largest absolute Gasteiger partial charge is 0.350 e. The van der Waals surface area contributed by atoms with Crippen molar-refractivity contribution < 1.29 is 9.72 Å². The van der Waals surface area contributed by atoms with Crippen molar-refractivity contribution in [3.05, 3.63) is 28.1 Å². The third-order valence-corrected chi connectivity index (χ3v) is 3.10. The highest BCUT2D eigenvalue weighted by molar-refractivity contribution is 9.09. The number of amides is 1. The second-order valence-corrected chi connectivity index (χ2v) is 5.04. The number of aryl methyl sites for hydroxylation is 1. The van der Waals surface area contributed by atoms with Crippen LogP contribution in [0.5, 0.6) is 0 Å². The van der Waals surface area contributed by atoms with E-state index in [0.717, 1.165) is 11.8 Å². The van der Waals surface area contributed by atoms with Gasteiger partial charge < -0.3 is 9.88 Å². The molecule has 0 fully saturated rings. The third kappa shape index (κ3) is 3.83. The number of alkyl halides is 1. The Morgan fingerprint density at radius 2 is 2.33 bits per heavy atom. The standard InChI is InChI=1S/C11H16BrN3O3/c1-8(3-4-12)6-13-11(16)10-5-9(15(17)18)7-14(10)2/h5,7-8H,3-4,6H2,1-2H3,(H,13,16). The van der Waals surface area contributed by atoms with E-state index < -0.39 is 4.92 Å². The van der Waals surface area contributed by atoms with Gasteiger partial charge in [0.25, 0.3) is 11.6 Å². The smallest absolute Gasteiger partial charge is 0.287 e. The number of hydrogen-bond acceptors (Lipinski definition) is 3. The Balaban J connectivity index is 2.64. The zero-order valence-electron chi connectivity index (χ0n) is 10.4. The van der Waals surface area contributed by atoms with E-state index in [1.54, 1.807) is 7.05 Å². The first kappa shape index (κ1) is 14.7. The first-order valence-corrected chi connectivity index (χ1v) is 6.72. The molecule has 0 aliphatic heterocycles. The number of halogens is 1. The predicted octanol–water partition coefficient (Wildman–Crippen LogP) is 2.08. The highest BCUT2D eigenvalue weighted by Gasteiger charge is 2.17. The van der Waals surface area contributed by atoms with Gasteiger partial charge in [-0.3, -0.25) is 14.9 Å². The molecule has 1 amide bonds. The average molecular weight is 318 g/mol. The van der Waals surface area contributed by atoms with Crippen molar-refractivity contribution in [1.29, 1.82) is 0 Å².